The van der Waals surface area contributed by atoms with E-state index in [1.807, 2.05) is 47.6 Å². The Bertz CT molecular complexity index is 817. The maximum Gasteiger partial charge on any atom is 0.239 e. The van der Waals surface area contributed by atoms with Gasteiger partial charge in [-0.1, -0.05) is 41.5 Å². The minimum absolute atomic E-state index is 0.119. The van der Waals surface area contributed by atoms with Gasteiger partial charge in [-0.3, -0.25) is 0 Å². The van der Waals surface area contributed by atoms with Crippen LogP contribution in [-0.4, -0.2) is 42.6 Å². The number of aliphatic hydroxyl groups excluding tert-OH is 1. The Balaban J connectivity index is 2.68. The molecule has 26 heavy (non-hydrogen) atoms. The average molecular weight is 382 g/mol. The van der Waals surface area contributed by atoms with Crippen LogP contribution in [0.1, 0.15) is 64.7 Å². The molecule has 1 aliphatic rings. The van der Waals surface area contributed by atoms with Crippen LogP contribution in [0.3, 0.4) is 0 Å². The van der Waals surface area contributed by atoms with Gasteiger partial charge in [-0.25, -0.2) is 8.42 Å². The molecule has 0 aliphatic carbocycles. The van der Waals surface area contributed by atoms with Gasteiger partial charge in [0.25, 0.3) is 0 Å². The van der Waals surface area contributed by atoms with E-state index in [0.717, 1.165) is 11.1 Å². The summed E-state index contributed by atoms with van der Waals surface area (Å²) in [4.78, 5) is 0.401. The highest BCUT2D eigenvalue weighted by molar-refractivity contribution is 7.93. The number of benzene rings is 1. The molecule has 0 unspecified atom stereocenters. The molecule has 0 atom stereocenters. The van der Waals surface area contributed by atoms with E-state index in [-0.39, 0.29) is 17.8 Å². The van der Waals surface area contributed by atoms with Gasteiger partial charge in [-0.15, -0.1) is 0 Å². The summed E-state index contributed by atoms with van der Waals surface area (Å²) in [7, 11) is -3.41. The molecule has 0 bridgehead atoms. The number of nitrogens with zero attached hydrogens (tertiary/aromatic N) is 1. The number of hydrogen-bond donors (Lipinski definition) is 2. The molecule has 0 saturated carbocycles. The molecular formula is C20H31NO4S. The second-order valence-electron chi connectivity index (χ2n) is 8.61. The molecule has 1 aromatic rings. The van der Waals surface area contributed by atoms with Crippen molar-refractivity contribution in [1.29, 1.82) is 0 Å². The van der Waals surface area contributed by atoms with E-state index in [1.165, 1.54) is 4.31 Å². The summed E-state index contributed by atoms with van der Waals surface area (Å²) in [5.74, 6) is 0.170. The number of hydrogen-bond acceptors (Lipinski definition) is 4. The lowest BCUT2D eigenvalue weighted by molar-refractivity contribution is 0.215. The first-order valence-electron chi connectivity index (χ1n) is 9.04. The second-order valence-corrected chi connectivity index (χ2v) is 10.6. The molecule has 0 aromatic heterocycles. The zero-order chi connectivity index (χ0) is 19.9. The Labute approximate surface area is 157 Å². The van der Waals surface area contributed by atoms with Gasteiger partial charge in [0, 0.05) is 29.6 Å². The van der Waals surface area contributed by atoms with E-state index in [0.29, 0.717) is 30.0 Å². The standard InChI is InChI=1S/C20H31NO4S/c1-7-21-9-8-15(26(21,24)25)10-14-11-16(19(2,3)4)18(23)17(12-14)20(5,6)13-22/h10-12,22-23H,7-9,13H2,1-6H3. The highest BCUT2D eigenvalue weighted by Gasteiger charge is 2.33. The summed E-state index contributed by atoms with van der Waals surface area (Å²) in [5.41, 5.74) is 1.15. The fourth-order valence-corrected chi connectivity index (χ4v) is 4.86. The average Bonchev–Trinajstić information content (AvgIpc) is 2.81. The summed E-state index contributed by atoms with van der Waals surface area (Å²) < 4.78 is 26.6. The number of rotatable bonds is 4. The van der Waals surface area contributed by atoms with Crippen LogP contribution in [-0.2, 0) is 20.9 Å². The molecule has 1 saturated heterocycles. The third-order valence-corrected chi connectivity index (χ3v) is 7.13. The van der Waals surface area contributed by atoms with Crippen LogP contribution in [0.2, 0.25) is 0 Å². The van der Waals surface area contributed by atoms with Crippen LogP contribution in [0.4, 0.5) is 0 Å². The van der Waals surface area contributed by atoms with Crippen LogP contribution >= 0.6 is 0 Å². The first-order chi connectivity index (χ1) is 11.8. The molecule has 1 aromatic carbocycles. The van der Waals surface area contributed by atoms with E-state index in [2.05, 4.69) is 0 Å². The summed E-state index contributed by atoms with van der Waals surface area (Å²) in [6.07, 6.45) is 2.19. The Morgan fingerprint density at radius 2 is 1.73 bits per heavy atom. The molecule has 146 valence electrons. The van der Waals surface area contributed by atoms with Crippen molar-refractivity contribution in [2.45, 2.75) is 58.8 Å². The molecule has 2 rings (SSSR count). The fourth-order valence-electron chi connectivity index (χ4n) is 3.22. The summed E-state index contributed by atoms with van der Waals surface area (Å²) >= 11 is 0. The SMILES string of the molecule is CCN1CCC(=Cc2cc(C(C)(C)C)c(O)c(C(C)(C)CO)c2)S1(=O)=O. The largest absolute Gasteiger partial charge is 0.507 e. The Hall–Kier alpha value is -1.37. The molecular weight excluding hydrogens is 350 g/mol. The topological polar surface area (TPSA) is 77.8 Å². The molecule has 1 aliphatic heterocycles. The van der Waals surface area contributed by atoms with E-state index < -0.39 is 15.4 Å². The minimum Gasteiger partial charge on any atom is -0.507 e. The first-order valence-corrected chi connectivity index (χ1v) is 10.5. The maximum absolute atomic E-state index is 12.6. The molecule has 0 amide bonds. The normalized spacial score (nSPS) is 20.0. The van der Waals surface area contributed by atoms with Crippen molar-refractivity contribution in [2.75, 3.05) is 19.7 Å². The van der Waals surface area contributed by atoms with Gasteiger partial charge in [0.2, 0.25) is 10.0 Å². The third-order valence-electron chi connectivity index (χ3n) is 5.02. The van der Waals surface area contributed by atoms with Crippen molar-refractivity contribution in [1.82, 2.24) is 4.31 Å². The number of phenolic OH excluding ortho intramolecular Hbond substituents is 1. The molecule has 1 heterocycles. The lowest BCUT2D eigenvalue weighted by atomic mass is 9.78. The van der Waals surface area contributed by atoms with Gasteiger partial charge in [-0.05, 0) is 35.6 Å². The van der Waals surface area contributed by atoms with Crippen molar-refractivity contribution in [3.63, 3.8) is 0 Å². The first kappa shape index (κ1) is 20.9. The number of phenols is 1. The van der Waals surface area contributed by atoms with Gasteiger partial charge in [0.15, 0.2) is 0 Å². The van der Waals surface area contributed by atoms with Crippen LogP contribution < -0.4 is 0 Å². The smallest absolute Gasteiger partial charge is 0.239 e. The molecule has 2 N–H and O–H groups in total. The van der Waals surface area contributed by atoms with Crippen LogP contribution in [0.5, 0.6) is 5.75 Å². The Morgan fingerprint density at radius 3 is 2.19 bits per heavy atom. The zero-order valence-corrected chi connectivity index (χ0v) is 17.4. The van der Waals surface area contributed by atoms with E-state index in [4.69, 9.17) is 0 Å². The van der Waals surface area contributed by atoms with Crippen molar-refractivity contribution >= 4 is 16.1 Å². The molecule has 0 spiro atoms. The third kappa shape index (κ3) is 3.82. The molecule has 5 nitrogen and oxygen atoms in total. The van der Waals surface area contributed by atoms with Crippen LogP contribution in [0, 0.1) is 0 Å². The van der Waals surface area contributed by atoms with E-state index >= 15 is 0 Å². The lowest BCUT2D eigenvalue weighted by Crippen LogP contribution is -2.24. The second kappa shape index (κ2) is 6.98. The van der Waals surface area contributed by atoms with E-state index in [9.17, 15) is 18.6 Å². The number of sulfonamides is 1. The Morgan fingerprint density at radius 1 is 1.15 bits per heavy atom. The summed E-state index contributed by atoms with van der Waals surface area (Å²) in [6, 6.07) is 3.64. The van der Waals surface area contributed by atoms with Crippen molar-refractivity contribution in [3.05, 3.63) is 33.7 Å². The lowest BCUT2D eigenvalue weighted by Gasteiger charge is -2.29. The van der Waals surface area contributed by atoms with Gasteiger partial charge < -0.3 is 10.2 Å². The van der Waals surface area contributed by atoms with Crippen molar-refractivity contribution < 1.29 is 18.6 Å². The molecule has 6 heteroatoms. The van der Waals surface area contributed by atoms with Crippen LogP contribution in [0.25, 0.3) is 6.08 Å². The minimum atomic E-state index is -3.41. The zero-order valence-electron chi connectivity index (χ0n) is 16.6. The number of aliphatic hydroxyl groups is 1. The summed E-state index contributed by atoms with van der Waals surface area (Å²) in [6.45, 7) is 12.4. The summed E-state index contributed by atoms with van der Waals surface area (Å²) in [5, 5.41) is 20.6. The number of aromatic hydroxyl groups is 1. The molecule has 1 fully saturated rings. The van der Waals surface area contributed by atoms with Gasteiger partial charge in [0.1, 0.15) is 5.75 Å². The van der Waals surface area contributed by atoms with Crippen molar-refractivity contribution in [2.24, 2.45) is 0 Å². The highest BCUT2D eigenvalue weighted by atomic mass is 32.2. The monoisotopic (exact) mass is 381 g/mol. The fraction of sp³-hybridized carbons (Fsp3) is 0.600. The van der Waals surface area contributed by atoms with E-state index in [1.54, 1.807) is 12.1 Å². The predicted octanol–water partition coefficient (Wildman–Crippen LogP) is 3.36. The maximum atomic E-state index is 12.6. The van der Waals surface area contributed by atoms with Crippen LogP contribution in [0.15, 0.2) is 17.0 Å². The van der Waals surface area contributed by atoms with Gasteiger partial charge in [-0.2, -0.15) is 4.31 Å². The Kier molecular flexibility index (Phi) is 5.62. The quantitative estimate of drug-likeness (QED) is 0.838. The molecule has 0 radical (unpaired) electrons. The highest BCUT2D eigenvalue weighted by Crippen LogP contribution is 2.40. The van der Waals surface area contributed by atoms with Gasteiger partial charge >= 0.3 is 0 Å². The van der Waals surface area contributed by atoms with Gasteiger partial charge in [0.05, 0.1) is 11.5 Å². The van der Waals surface area contributed by atoms with Crippen molar-refractivity contribution in [3.8, 4) is 5.75 Å². The predicted molar refractivity (Wildman–Crippen MR) is 106 cm³/mol.